The summed E-state index contributed by atoms with van der Waals surface area (Å²) >= 11 is 0. The van der Waals surface area contributed by atoms with Gasteiger partial charge in [0.05, 0.1) is 0 Å². The molecule has 3 nitrogen and oxygen atoms in total. The fraction of sp³-hybridized carbons (Fsp3) is 0.769. The zero-order valence-electron chi connectivity index (χ0n) is 10.6. The highest BCUT2D eigenvalue weighted by Gasteiger charge is 2.30. The van der Waals surface area contributed by atoms with E-state index in [-0.39, 0.29) is 0 Å². The van der Waals surface area contributed by atoms with Gasteiger partial charge in [-0.1, -0.05) is 13.8 Å². The molecule has 1 N–H and O–H groups in total. The van der Waals surface area contributed by atoms with Crippen LogP contribution in [0.4, 0.5) is 0 Å². The second kappa shape index (κ2) is 5.00. The van der Waals surface area contributed by atoms with Crippen LogP contribution >= 0.6 is 0 Å². The molecular weight excluding hydrogens is 198 g/mol. The first-order chi connectivity index (χ1) is 7.66. The quantitative estimate of drug-likeness (QED) is 0.824. The van der Waals surface area contributed by atoms with Gasteiger partial charge >= 0.3 is 0 Å². The molecule has 0 atom stereocenters. The summed E-state index contributed by atoms with van der Waals surface area (Å²) in [6.07, 6.45) is 5.68. The lowest BCUT2D eigenvalue weighted by molar-refractivity contribution is 0.169. The van der Waals surface area contributed by atoms with Crippen molar-refractivity contribution in [3.05, 3.63) is 18.0 Å². The van der Waals surface area contributed by atoms with Crippen molar-refractivity contribution in [3.8, 4) is 0 Å². The van der Waals surface area contributed by atoms with Gasteiger partial charge in [-0.15, -0.1) is 0 Å². The predicted octanol–water partition coefficient (Wildman–Crippen LogP) is 1.99. The molecule has 3 heteroatoms. The number of hydrogen-bond acceptors (Lipinski definition) is 2. The molecule has 1 aromatic rings. The van der Waals surface area contributed by atoms with E-state index in [0.717, 1.165) is 30.8 Å². The highest BCUT2D eigenvalue weighted by Crippen LogP contribution is 2.33. The third-order valence-corrected chi connectivity index (χ3v) is 3.85. The Morgan fingerprint density at radius 1 is 1.50 bits per heavy atom. The van der Waals surface area contributed by atoms with Gasteiger partial charge in [0.2, 0.25) is 0 Å². The maximum Gasteiger partial charge on any atom is 0.0492 e. The molecule has 2 rings (SSSR count). The number of aryl methyl sites for hydroxylation is 1. The zero-order chi connectivity index (χ0) is 11.5. The van der Waals surface area contributed by atoms with Crippen LogP contribution in [0.2, 0.25) is 0 Å². The summed E-state index contributed by atoms with van der Waals surface area (Å²) in [6.45, 7) is 5.74. The highest BCUT2D eigenvalue weighted by molar-refractivity contribution is 5.00. The second-order valence-electron chi connectivity index (χ2n) is 5.32. The molecule has 0 radical (unpaired) electrons. The van der Waals surface area contributed by atoms with E-state index >= 15 is 0 Å². The van der Waals surface area contributed by atoms with Crippen LogP contribution in [0.5, 0.6) is 0 Å². The van der Waals surface area contributed by atoms with Gasteiger partial charge in [0.1, 0.15) is 0 Å². The minimum absolute atomic E-state index is 0.764. The van der Waals surface area contributed by atoms with E-state index < -0.39 is 0 Å². The third kappa shape index (κ3) is 2.64. The van der Waals surface area contributed by atoms with Crippen LogP contribution in [0.1, 0.15) is 32.4 Å². The van der Waals surface area contributed by atoms with Crippen molar-refractivity contribution >= 4 is 0 Å². The first-order valence-electron chi connectivity index (χ1n) is 6.37. The third-order valence-electron chi connectivity index (χ3n) is 3.85. The molecule has 1 aliphatic rings. The number of rotatable bonds is 5. The van der Waals surface area contributed by atoms with Crippen molar-refractivity contribution in [2.24, 2.45) is 18.9 Å². The van der Waals surface area contributed by atoms with Gasteiger partial charge in [0.25, 0.3) is 0 Å². The number of hydrogen-bond donors (Lipinski definition) is 1. The average Bonchev–Trinajstić information content (AvgIpc) is 2.55. The number of aromatic nitrogens is 2. The van der Waals surface area contributed by atoms with Crippen LogP contribution in [-0.2, 0) is 13.5 Å². The SMILES string of the molecule is CC(C)C1CC(NCCc2ccnn2C)C1. The Bertz CT molecular complexity index is 324. The highest BCUT2D eigenvalue weighted by atomic mass is 15.3. The van der Waals surface area contributed by atoms with E-state index in [9.17, 15) is 0 Å². The molecule has 0 bridgehead atoms. The lowest BCUT2D eigenvalue weighted by Gasteiger charge is -2.38. The smallest absolute Gasteiger partial charge is 0.0492 e. The standard InChI is InChI=1S/C13H23N3/c1-10(2)11-8-12(9-11)14-6-4-13-5-7-15-16(13)3/h5,7,10-12,14H,4,6,8-9H2,1-3H3. The summed E-state index contributed by atoms with van der Waals surface area (Å²) in [5.41, 5.74) is 1.31. The maximum absolute atomic E-state index is 4.17. The van der Waals surface area contributed by atoms with Gasteiger partial charge in [-0.2, -0.15) is 5.10 Å². The minimum Gasteiger partial charge on any atom is -0.314 e. The summed E-state index contributed by atoms with van der Waals surface area (Å²) in [7, 11) is 2.01. The molecule has 1 heterocycles. The molecule has 90 valence electrons. The summed E-state index contributed by atoms with van der Waals surface area (Å²) in [5, 5.41) is 7.80. The zero-order valence-corrected chi connectivity index (χ0v) is 10.6. The number of nitrogens with one attached hydrogen (secondary N) is 1. The van der Waals surface area contributed by atoms with Gasteiger partial charge in [-0.3, -0.25) is 4.68 Å². The first kappa shape index (κ1) is 11.6. The first-order valence-corrected chi connectivity index (χ1v) is 6.37. The Morgan fingerprint density at radius 2 is 2.25 bits per heavy atom. The minimum atomic E-state index is 0.764. The van der Waals surface area contributed by atoms with Crippen molar-refractivity contribution in [2.45, 2.75) is 39.2 Å². The Labute approximate surface area is 98.2 Å². The molecule has 1 aromatic heterocycles. The van der Waals surface area contributed by atoms with E-state index in [1.807, 2.05) is 17.9 Å². The summed E-state index contributed by atoms with van der Waals surface area (Å²) in [4.78, 5) is 0. The fourth-order valence-electron chi connectivity index (χ4n) is 2.42. The van der Waals surface area contributed by atoms with Crippen LogP contribution in [0.3, 0.4) is 0 Å². The van der Waals surface area contributed by atoms with Crippen LogP contribution in [0, 0.1) is 11.8 Å². The Kier molecular flexibility index (Phi) is 3.64. The van der Waals surface area contributed by atoms with E-state index in [4.69, 9.17) is 0 Å². The van der Waals surface area contributed by atoms with Crippen molar-refractivity contribution in [3.63, 3.8) is 0 Å². The lowest BCUT2D eigenvalue weighted by Crippen LogP contribution is -2.43. The summed E-state index contributed by atoms with van der Waals surface area (Å²) in [6, 6.07) is 2.86. The predicted molar refractivity (Wildman–Crippen MR) is 66.3 cm³/mol. The van der Waals surface area contributed by atoms with E-state index in [1.54, 1.807) is 0 Å². The van der Waals surface area contributed by atoms with E-state index in [1.165, 1.54) is 18.5 Å². The van der Waals surface area contributed by atoms with Crippen LogP contribution in [-0.4, -0.2) is 22.4 Å². The van der Waals surface area contributed by atoms with Gasteiger partial charge in [-0.05, 0) is 30.7 Å². The molecule has 0 unspecified atom stereocenters. The molecular formula is C13H23N3. The summed E-state index contributed by atoms with van der Waals surface area (Å²) < 4.78 is 1.96. The normalized spacial score (nSPS) is 24.8. The van der Waals surface area contributed by atoms with Crippen molar-refractivity contribution in [1.29, 1.82) is 0 Å². The van der Waals surface area contributed by atoms with Crippen LogP contribution in [0.15, 0.2) is 12.3 Å². The van der Waals surface area contributed by atoms with Gasteiger partial charge in [0, 0.05) is 37.9 Å². The van der Waals surface area contributed by atoms with Gasteiger partial charge in [0.15, 0.2) is 0 Å². The molecule has 0 saturated heterocycles. The Morgan fingerprint density at radius 3 is 2.81 bits per heavy atom. The Hall–Kier alpha value is -0.830. The molecule has 0 amide bonds. The molecule has 1 aliphatic carbocycles. The lowest BCUT2D eigenvalue weighted by atomic mass is 9.74. The molecule has 0 aromatic carbocycles. The maximum atomic E-state index is 4.17. The van der Waals surface area contributed by atoms with E-state index in [0.29, 0.717) is 0 Å². The fourth-order valence-corrected chi connectivity index (χ4v) is 2.42. The average molecular weight is 221 g/mol. The van der Waals surface area contributed by atoms with Crippen molar-refractivity contribution in [1.82, 2.24) is 15.1 Å². The van der Waals surface area contributed by atoms with Crippen LogP contribution < -0.4 is 5.32 Å². The van der Waals surface area contributed by atoms with Crippen molar-refractivity contribution < 1.29 is 0 Å². The molecule has 0 aliphatic heterocycles. The van der Waals surface area contributed by atoms with Crippen LogP contribution in [0.25, 0.3) is 0 Å². The molecule has 16 heavy (non-hydrogen) atoms. The monoisotopic (exact) mass is 221 g/mol. The topological polar surface area (TPSA) is 29.9 Å². The Balaban J connectivity index is 1.62. The molecule has 0 spiro atoms. The summed E-state index contributed by atoms with van der Waals surface area (Å²) in [5.74, 6) is 1.81. The van der Waals surface area contributed by atoms with Crippen molar-refractivity contribution in [2.75, 3.05) is 6.54 Å². The molecule has 1 fully saturated rings. The largest absolute Gasteiger partial charge is 0.314 e. The number of nitrogens with zero attached hydrogens (tertiary/aromatic N) is 2. The molecule has 1 saturated carbocycles. The van der Waals surface area contributed by atoms with E-state index in [2.05, 4.69) is 30.3 Å². The van der Waals surface area contributed by atoms with Gasteiger partial charge in [-0.25, -0.2) is 0 Å². The van der Waals surface area contributed by atoms with Gasteiger partial charge < -0.3 is 5.32 Å². The second-order valence-corrected chi connectivity index (χ2v) is 5.32.